The summed E-state index contributed by atoms with van der Waals surface area (Å²) < 4.78 is 3.20. The van der Waals surface area contributed by atoms with Crippen LogP contribution in [0.4, 0.5) is 11.6 Å². The predicted molar refractivity (Wildman–Crippen MR) is 106 cm³/mol. The summed E-state index contributed by atoms with van der Waals surface area (Å²) in [4.78, 5) is 17.7. The van der Waals surface area contributed by atoms with E-state index in [0.29, 0.717) is 22.6 Å². The molecule has 2 aromatic heterocycles. The average molecular weight is 353 g/mol. The van der Waals surface area contributed by atoms with E-state index >= 15 is 0 Å². The fourth-order valence-electron chi connectivity index (χ4n) is 3.13. The summed E-state index contributed by atoms with van der Waals surface area (Å²) in [5, 5.41) is 8.36. The van der Waals surface area contributed by atoms with Gasteiger partial charge in [-0.05, 0) is 36.4 Å². The van der Waals surface area contributed by atoms with Crippen molar-refractivity contribution in [3.05, 3.63) is 95.3 Å². The fraction of sp³-hybridized carbons (Fsp3) is 0. The Morgan fingerprint density at radius 1 is 0.778 bits per heavy atom. The van der Waals surface area contributed by atoms with Crippen LogP contribution in [0, 0.1) is 0 Å². The van der Waals surface area contributed by atoms with Gasteiger partial charge in [0.2, 0.25) is 11.7 Å². The van der Waals surface area contributed by atoms with Crippen LogP contribution in [0.25, 0.3) is 22.4 Å². The second-order valence-corrected chi connectivity index (χ2v) is 6.13. The van der Waals surface area contributed by atoms with Gasteiger partial charge in [-0.1, -0.05) is 48.5 Å². The van der Waals surface area contributed by atoms with E-state index in [9.17, 15) is 4.79 Å². The number of hydrogen-bond acceptors (Lipinski definition) is 4. The lowest BCUT2D eigenvalue weighted by Gasteiger charge is -2.09. The number of anilines is 2. The molecule has 0 unspecified atom stereocenters. The van der Waals surface area contributed by atoms with E-state index in [1.165, 1.54) is 4.52 Å². The molecule has 0 saturated carbocycles. The van der Waals surface area contributed by atoms with Gasteiger partial charge in [-0.2, -0.15) is 4.52 Å². The van der Waals surface area contributed by atoms with Crippen LogP contribution in [-0.4, -0.2) is 19.2 Å². The molecule has 0 amide bonds. The minimum absolute atomic E-state index is 0.193. The third kappa shape index (κ3) is 2.55. The number of rotatable bonds is 3. The molecule has 0 atom stereocenters. The van der Waals surface area contributed by atoms with Gasteiger partial charge in [-0.3, -0.25) is 4.79 Å². The molecule has 6 nitrogen and oxygen atoms in total. The van der Waals surface area contributed by atoms with Gasteiger partial charge in [0.15, 0.2) is 0 Å². The smallest absolute Gasteiger partial charge is 0.283 e. The van der Waals surface area contributed by atoms with Crippen molar-refractivity contribution in [1.29, 1.82) is 0 Å². The highest BCUT2D eigenvalue weighted by molar-refractivity contribution is 5.79. The minimum atomic E-state index is -0.193. The summed E-state index contributed by atoms with van der Waals surface area (Å²) in [5.74, 6) is 0.982. The van der Waals surface area contributed by atoms with Crippen LogP contribution in [0.3, 0.4) is 0 Å². The van der Waals surface area contributed by atoms with Gasteiger partial charge in [-0.15, -0.1) is 5.10 Å². The van der Waals surface area contributed by atoms with Crippen molar-refractivity contribution >= 4 is 28.3 Å². The highest BCUT2D eigenvalue weighted by atomic mass is 16.1. The Morgan fingerprint density at radius 2 is 1.44 bits per heavy atom. The van der Waals surface area contributed by atoms with Gasteiger partial charge >= 0.3 is 0 Å². The molecule has 0 aliphatic rings. The lowest BCUT2D eigenvalue weighted by atomic mass is 10.2. The summed E-state index contributed by atoms with van der Waals surface area (Å²) in [6.07, 6.45) is 0. The van der Waals surface area contributed by atoms with E-state index in [1.807, 2.05) is 83.4 Å². The number of nitrogens with one attached hydrogen (secondary N) is 1. The first-order chi connectivity index (χ1) is 13.3. The molecule has 5 aromatic rings. The zero-order valence-electron chi connectivity index (χ0n) is 14.3. The van der Waals surface area contributed by atoms with E-state index in [2.05, 4.69) is 10.4 Å². The highest BCUT2D eigenvalue weighted by Crippen LogP contribution is 2.22. The number of fused-ring (bicyclic) bond motifs is 2. The number of aromatic nitrogens is 4. The molecule has 0 fully saturated rings. The summed E-state index contributed by atoms with van der Waals surface area (Å²) in [7, 11) is 0. The van der Waals surface area contributed by atoms with Gasteiger partial charge in [0.05, 0.1) is 16.6 Å². The van der Waals surface area contributed by atoms with E-state index in [0.717, 1.165) is 11.4 Å². The molecule has 0 spiro atoms. The molecule has 130 valence electrons. The van der Waals surface area contributed by atoms with Crippen LogP contribution in [0.5, 0.6) is 0 Å². The van der Waals surface area contributed by atoms with Crippen LogP contribution >= 0.6 is 0 Å². The monoisotopic (exact) mass is 353 g/mol. The van der Waals surface area contributed by atoms with Crippen molar-refractivity contribution in [2.75, 3.05) is 5.32 Å². The van der Waals surface area contributed by atoms with E-state index in [1.54, 1.807) is 6.07 Å². The van der Waals surface area contributed by atoms with E-state index in [4.69, 9.17) is 4.98 Å². The van der Waals surface area contributed by atoms with Gasteiger partial charge in [0, 0.05) is 5.69 Å². The first-order valence-corrected chi connectivity index (χ1v) is 8.59. The molecule has 3 aromatic carbocycles. The Morgan fingerprint density at radius 3 is 2.22 bits per heavy atom. The largest absolute Gasteiger partial charge is 0.324 e. The van der Waals surface area contributed by atoms with Crippen LogP contribution in [0.15, 0.2) is 89.7 Å². The summed E-state index contributed by atoms with van der Waals surface area (Å²) >= 11 is 0. The maximum Gasteiger partial charge on any atom is 0.283 e. The summed E-state index contributed by atoms with van der Waals surface area (Å²) in [5.41, 5.74) is 2.20. The molecular weight excluding hydrogens is 338 g/mol. The van der Waals surface area contributed by atoms with Crippen LogP contribution < -0.4 is 10.9 Å². The molecule has 0 aliphatic heterocycles. The Kier molecular flexibility index (Phi) is 3.47. The number of hydrogen-bond donors (Lipinski definition) is 1. The first kappa shape index (κ1) is 15.3. The van der Waals surface area contributed by atoms with Crippen molar-refractivity contribution in [3.63, 3.8) is 0 Å². The van der Waals surface area contributed by atoms with Crippen molar-refractivity contribution in [3.8, 4) is 5.69 Å². The first-order valence-electron chi connectivity index (χ1n) is 8.59. The lowest BCUT2D eigenvalue weighted by Crippen LogP contribution is -2.16. The molecule has 0 radical (unpaired) electrons. The molecule has 6 heteroatoms. The van der Waals surface area contributed by atoms with Crippen molar-refractivity contribution in [1.82, 2.24) is 19.2 Å². The summed E-state index contributed by atoms with van der Waals surface area (Å²) in [6.45, 7) is 0. The van der Waals surface area contributed by atoms with Crippen molar-refractivity contribution in [2.45, 2.75) is 0 Å². The predicted octanol–water partition coefficient (Wildman–Crippen LogP) is 3.78. The topological polar surface area (TPSA) is 64.2 Å². The molecular formula is C21H15N5O. The molecule has 0 bridgehead atoms. The summed E-state index contributed by atoms with van der Waals surface area (Å²) in [6, 6.07) is 26.8. The Labute approximate surface area is 154 Å². The third-order valence-corrected chi connectivity index (χ3v) is 4.39. The van der Waals surface area contributed by atoms with Crippen LogP contribution in [0.2, 0.25) is 0 Å². The number of nitrogens with zero attached hydrogens (tertiary/aromatic N) is 4. The maximum atomic E-state index is 13.0. The average Bonchev–Trinajstić information content (AvgIpc) is 3.08. The molecule has 2 heterocycles. The highest BCUT2D eigenvalue weighted by Gasteiger charge is 2.17. The van der Waals surface area contributed by atoms with Crippen LogP contribution in [0.1, 0.15) is 0 Å². The Balaban J connectivity index is 1.84. The number of para-hydroxylation sites is 3. The van der Waals surface area contributed by atoms with Crippen LogP contribution in [-0.2, 0) is 0 Å². The van der Waals surface area contributed by atoms with E-state index < -0.39 is 0 Å². The quantitative estimate of drug-likeness (QED) is 0.536. The molecule has 0 aliphatic carbocycles. The standard InChI is InChI=1S/C21H15N5O/c27-19-17-13-7-8-14-18(17)23-21-25(16-11-5-2-6-12-16)20(24-26(19)21)22-15-9-3-1-4-10-15/h1-14H,(H,22,24). The maximum absolute atomic E-state index is 13.0. The molecule has 1 N–H and O–H groups in total. The zero-order chi connectivity index (χ0) is 18.2. The fourth-order valence-corrected chi connectivity index (χ4v) is 3.13. The second-order valence-electron chi connectivity index (χ2n) is 6.13. The SMILES string of the molecule is O=c1c2ccccc2nc2n(-c3ccccc3)c(Nc3ccccc3)nn12. The van der Waals surface area contributed by atoms with E-state index in [-0.39, 0.29) is 5.56 Å². The van der Waals surface area contributed by atoms with Gasteiger partial charge in [-0.25, -0.2) is 9.55 Å². The molecule has 5 rings (SSSR count). The van der Waals surface area contributed by atoms with Gasteiger partial charge in [0.1, 0.15) is 0 Å². The Hall–Kier alpha value is -3.93. The molecule has 27 heavy (non-hydrogen) atoms. The lowest BCUT2D eigenvalue weighted by molar-refractivity contribution is 0.917. The van der Waals surface area contributed by atoms with Crippen molar-refractivity contribution < 1.29 is 0 Å². The second kappa shape index (κ2) is 6.10. The zero-order valence-corrected chi connectivity index (χ0v) is 14.3. The normalized spacial score (nSPS) is 11.1. The minimum Gasteiger partial charge on any atom is -0.324 e. The number of benzene rings is 3. The van der Waals surface area contributed by atoms with Crippen molar-refractivity contribution in [2.24, 2.45) is 0 Å². The molecule has 0 saturated heterocycles. The third-order valence-electron chi connectivity index (χ3n) is 4.39. The van der Waals surface area contributed by atoms with Gasteiger partial charge in [0.25, 0.3) is 5.56 Å². The van der Waals surface area contributed by atoms with Gasteiger partial charge < -0.3 is 5.32 Å². The Bertz CT molecular complexity index is 1310.